The Balaban J connectivity index is 3.08. The maximum atomic E-state index is 11.6. The molecule has 0 aliphatic heterocycles. The summed E-state index contributed by atoms with van der Waals surface area (Å²) in [7, 11) is 0. The molecule has 0 fully saturated rings. The molecule has 1 rings (SSSR count). The third kappa shape index (κ3) is 3.28. The summed E-state index contributed by atoms with van der Waals surface area (Å²) in [5.41, 5.74) is -0.217. The molecule has 0 radical (unpaired) electrons. The van der Waals surface area contributed by atoms with Gasteiger partial charge in [-0.25, -0.2) is 0 Å². The summed E-state index contributed by atoms with van der Waals surface area (Å²) in [5, 5.41) is 0. The van der Waals surface area contributed by atoms with Gasteiger partial charge < -0.3 is 9.47 Å². The topological polar surface area (TPSA) is 35.5 Å². The highest BCUT2D eigenvalue weighted by atomic mass is 16.5. The van der Waals surface area contributed by atoms with Crippen LogP contribution in [0.3, 0.4) is 0 Å². The molecule has 1 aromatic carbocycles. The van der Waals surface area contributed by atoms with Gasteiger partial charge in [0, 0.05) is 0 Å². The van der Waals surface area contributed by atoms with Crippen molar-refractivity contribution >= 4 is 0 Å². The average molecular weight is 218 g/mol. The molecule has 1 aromatic rings. The molecule has 0 aromatic heterocycles. The van der Waals surface area contributed by atoms with Crippen LogP contribution in [0.5, 0.6) is 11.5 Å². The molecule has 0 unspecified atom stereocenters. The second kappa shape index (κ2) is 6.45. The fourth-order valence-corrected chi connectivity index (χ4v) is 1.11. The molecule has 0 saturated carbocycles. The van der Waals surface area contributed by atoms with E-state index in [-0.39, 0.29) is 17.8 Å². The molecule has 0 bridgehead atoms. The zero-order chi connectivity index (χ0) is 11.8. The number of rotatable bonds is 6. The lowest BCUT2D eigenvalue weighted by molar-refractivity contribution is 0.307. The minimum atomic E-state index is -0.217. The van der Waals surface area contributed by atoms with Crippen molar-refractivity contribution in [2.45, 2.75) is 0 Å². The second-order valence-corrected chi connectivity index (χ2v) is 2.98. The van der Waals surface area contributed by atoms with Crippen molar-refractivity contribution in [3.05, 3.63) is 59.8 Å². The Labute approximate surface area is 94.6 Å². The van der Waals surface area contributed by atoms with Gasteiger partial charge in [-0.1, -0.05) is 37.4 Å². The number of ether oxygens (including phenoxy) is 2. The fraction of sp³-hybridized carbons (Fsp3) is 0.154. The van der Waals surface area contributed by atoms with Gasteiger partial charge in [0.05, 0.1) is 0 Å². The van der Waals surface area contributed by atoms with Crippen LogP contribution in [0.4, 0.5) is 0 Å². The van der Waals surface area contributed by atoms with Crippen molar-refractivity contribution in [3.8, 4) is 11.5 Å². The number of hydrogen-bond donors (Lipinski definition) is 0. The van der Waals surface area contributed by atoms with Crippen molar-refractivity contribution in [2.24, 2.45) is 0 Å². The minimum Gasteiger partial charge on any atom is -0.486 e. The monoisotopic (exact) mass is 218 g/mol. The first kappa shape index (κ1) is 12.0. The molecule has 16 heavy (non-hydrogen) atoms. The average Bonchev–Trinajstić information content (AvgIpc) is 2.46. The normalized spacial score (nSPS) is 9.25. The molecule has 0 aliphatic carbocycles. The van der Waals surface area contributed by atoms with Crippen LogP contribution in [-0.4, -0.2) is 13.2 Å². The Morgan fingerprint density at radius 3 is 2.38 bits per heavy atom. The van der Waals surface area contributed by atoms with Gasteiger partial charge in [0.1, 0.15) is 13.2 Å². The maximum absolute atomic E-state index is 11.6. The van der Waals surface area contributed by atoms with Crippen LogP contribution in [0.1, 0.15) is 0 Å². The molecule has 0 saturated heterocycles. The van der Waals surface area contributed by atoms with Gasteiger partial charge in [-0.15, -0.1) is 0 Å². The zero-order valence-corrected chi connectivity index (χ0v) is 9.02. The molecule has 0 atom stereocenters. The summed E-state index contributed by atoms with van der Waals surface area (Å²) in [6.45, 7) is 7.67. The van der Waals surface area contributed by atoms with Gasteiger partial charge in [0.2, 0.25) is 11.2 Å². The van der Waals surface area contributed by atoms with Gasteiger partial charge in [-0.2, -0.15) is 0 Å². The van der Waals surface area contributed by atoms with E-state index in [0.717, 1.165) is 0 Å². The Hall–Kier alpha value is -2.03. The predicted molar refractivity (Wildman–Crippen MR) is 64.1 cm³/mol. The highest BCUT2D eigenvalue weighted by Crippen LogP contribution is 2.21. The molecule has 3 heteroatoms. The van der Waals surface area contributed by atoms with Gasteiger partial charge in [-0.05, 0) is 12.1 Å². The molecular weight excluding hydrogens is 204 g/mol. The summed E-state index contributed by atoms with van der Waals surface area (Å²) in [5.74, 6) is 0.614. The highest BCUT2D eigenvalue weighted by Gasteiger charge is 2.06. The molecule has 0 amide bonds. The van der Waals surface area contributed by atoms with Gasteiger partial charge in [0.25, 0.3) is 0 Å². The SMILES string of the molecule is C=CCOc1ccccc(=O)c1OCC=C. The molecule has 3 nitrogen and oxygen atoms in total. The van der Waals surface area contributed by atoms with Crippen LogP contribution in [0.15, 0.2) is 54.4 Å². The van der Waals surface area contributed by atoms with Crippen molar-refractivity contribution < 1.29 is 9.47 Å². The summed E-state index contributed by atoms with van der Waals surface area (Å²) in [6, 6.07) is 6.48. The minimum absolute atomic E-state index is 0.201. The van der Waals surface area contributed by atoms with Crippen LogP contribution in [0.25, 0.3) is 0 Å². The summed E-state index contributed by atoms with van der Waals surface area (Å²) in [6.07, 6.45) is 3.18. The summed E-state index contributed by atoms with van der Waals surface area (Å²) in [4.78, 5) is 11.6. The molecule has 84 valence electrons. The molecule has 0 N–H and O–H groups in total. The van der Waals surface area contributed by atoms with E-state index in [1.807, 2.05) is 0 Å². The van der Waals surface area contributed by atoms with E-state index >= 15 is 0 Å². The lowest BCUT2D eigenvalue weighted by Crippen LogP contribution is -2.07. The summed E-state index contributed by atoms with van der Waals surface area (Å²) >= 11 is 0. The number of hydrogen-bond acceptors (Lipinski definition) is 3. The highest BCUT2D eigenvalue weighted by molar-refractivity contribution is 5.38. The van der Waals surface area contributed by atoms with Crippen LogP contribution in [-0.2, 0) is 0 Å². The quantitative estimate of drug-likeness (QED) is 0.686. The van der Waals surface area contributed by atoms with Gasteiger partial charge in [0.15, 0.2) is 5.75 Å². The van der Waals surface area contributed by atoms with Crippen LogP contribution < -0.4 is 14.9 Å². The lowest BCUT2D eigenvalue weighted by atomic mass is 10.4. The second-order valence-electron chi connectivity index (χ2n) is 2.98. The van der Waals surface area contributed by atoms with Gasteiger partial charge in [-0.3, -0.25) is 4.79 Å². The Kier molecular flexibility index (Phi) is 4.86. The van der Waals surface area contributed by atoms with Crippen molar-refractivity contribution in [1.82, 2.24) is 0 Å². The molecule has 0 heterocycles. The van der Waals surface area contributed by atoms with Crippen LogP contribution in [0.2, 0.25) is 0 Å². The summed E-state index contributed by atoms with van der Waals surface area (Å²) < 4.78 is 10.6. The molecular formula is C13H14O3. The van der Waals surface area contributed by atoms with E-state index in [1.165, 1.54) is 6.07 Å². The van der Waals surface area contributed by atoms with E-state index in [1.54, 1.807) is 30.4 Å². The Morgan fingerprint density at radius 1 is 1.06 bits per heavy atom. The third-order valence-corrected chi connectivity index (χ3v) is 1.76. The zero-order valence-electron chi connectivity index (χ0n) is 9.02. The van der Waals surface area contributed by atoms with Gasteiger partial charge >= 0.3 is 0 Å². The van der Waals surface area contributed by atoms with Crippen molar-refractivity contribution in [3.63, 3.8) is 0 Å². The molecule has 0 aliphatic rings. The van der Waals surface area contributed by atoms with Crippen molar-refractivity contribution in [2.75, 3.05) is 13.2 Å². The van der Waals surface area contributed by atoms with E-state index < -0.39 is 0 Å². The van der Waals surface area contributed by atoms with Crippen LogP contribution in [0, 0.1) is 0 Å². The van der Waals surface area contributed by atoms with E-state index in [0.29, 0.717) is 12.4 Å². The van der Waals surface area contributed by atoms with E-state index in [4.69, 9.17) is 9.47 Å². The first-order valence-electron chi connectivity index (χ1n) is 4.90. The lowest BCUT2D eigenvalue weighted by Gasteiger charge is -2.06. The largest absolute Gasteiger partial charge is 0.486 e. The van der Waals surface area contributed by atoms with Crippen LogP contribution >= 0.6 is 0 Å². The first-order chi connectivity index (χ1) is 7.79. The standard InChI is InChI=1S/C13H14O3/c1-3-9-15-12-8-6-5-7-11(14)13(12)16-10-4-2/h3-8H,1-2,9-10H2. The third-order valence-electron chi connectivity index (χ3n) is 1.76. The maximum Gasteiger partial charge on any atom is 0.224 e. The van der Waals surface area contributed by atoms with E-state index in [2.05, 4.69) is 13.2 Å². The smallest absolute Gasteiger partial charge is 0.224 e. The van der Waals surface area contributed by atoms with Crippen molar-refractivity contribution in [1.29, 1.82) is 0 Å². The molecule has 0 spiro atoms. The first-order valence-corrected chi connectivity index (χ1v) is 4.90. The Bertz CT molecular complexity index is 424. The van der Waals surface area contributed by atoms with E-state index in [9.17, 15) is 4.79 Å². The Morgan fingerprint density at radius 2 is 1.69 bits per heavy atom. The predicted octanol–water partition coefficient (Wildman–Crippen LogP) is 2.18. The fourth-order valence-electron chi connectivity index (χ4n) is 1.11.